The summed E-state index contributed by atoms with van der Waals surface area (Å²) in [6.07, 6.45) is 5.28. The monoisotopic (exact) mass is 226 g/mol. The van der Waals surface area contributed by atoms with Crippen molar-refractivity contribution in [3.63, 3.8) is 0 Å². The minimum Gasteiger partial charge on any atom is -0.342 e. The van der Waals surface area contributed by atoms with Crippen LogP contribution in [0.4, 0.5) is 0 Å². The van der Waals surface area contributed by atoms with Gasteiger partial charge >= 0.3 is 0 Å². The zero-order chi connectivity index (χ0) is 11.2. The summed E-state index contributed by atoms with van der Waals surface area (Å²) >= 11 is 0. The average Bonchev–Trinajstić information content (AvgIpc) is 2.56. The molecule has 2 aliphatic rings. The van der Waals surface area contributed by atoms with Crippen molar-refractivity contribution in [2.24, 2.45) is 0 Å². The molecular weight excluding hydrogens is 208 g/mol. The quantitative estimate of drug-likeness (QED) is 0.730. The first kappa shape index (κ1) is 9.72. The summed E-state index contributed by atoms with van der Waals surface area (Å²) in [5.41, 5.74) is 4.66. The maximum absolute atomic E-state index is 3.70. The van der Waals surface area contributed by atoms with E-state index in [1.54, 1.807) is 11.3 Å². The normalized spacial score (nSPS) is 23.4. The SMILES string of the molecule is c1ccc2c(c1)c1c3n2CCNC3CCCC1. The van der Waals surface area contributed by atoms with E-state index in [0.717, 1.165) is 13.1 Å². The second kappa shape index (κ2) is 3.61. The molecule has 88 valence electrons. The number of benzene rings is 1. The first-order valence-electron chi connectivity index (χ1n) is 6.78. The van der Waals surface area contributed by atoms with Crippen LogP contribution >= 0.6 is 0 Å². The molecule has 0 bridgehead atoms. The fraction of sp³-hybridized carbons (Fsp3) is 0.467. The van der Waals surface area contributed by atoms with Crippen molar-refractivity contribution in [3.05, 3.63) is 35.5 Å². The highest BCUT2D eigenvalue weighted by atomic mass is 15.1. The van der Waals surface area contributed by atoms with Gasteiger partial charge in [0.25, 0.3) is 0 Å². The lowest BCUT2D eigenvalue weighted by Gasteiger charge is -2.26. The fourth-order valence-corrected chi connectivity index (χ4v) is 3.63. The van der Waals surface area contributed by atoms with Gasteiger partial charge in [-0.25, -0.2) is 0 Å². The molecule has 1 aliphatic carbocycles. The van der Waals surface area contributed by atoms with E-state index in [2.05, 4.69) is 34.1 Å². The van der Waals surface area contributed by atoms with Gasteiger partial charge < -0.3 is 9.88 Å². The molecule has 0 saturated heterocycles. The number of fused-ring (bicyclic) bond motifs is 3. The van der Waals surface area contributed by atoms with Gasteiger partial charge in [0, 0.05) is 35.7 Å². The Balaban J connectivity index is 2.08. The molecule has 1 unspecified atom stereocenters. The van der Waals surface area contributed by atoms with Gasteiger partial charge in [0.2, 0.25) is 0 Å². The maximum atomic E-state index is 3.70. The molecule has 0 amide bonds. The maximum Gasteiger partial charge on any atom is 0.0486 e. The summed E-state index contributed by atoms with van der Waals surface area (Å²) in [6, 6.07) is 9.54. The Kier molecular flexibility index (Phi) is 2.06. The van der Waals surface area contributed by atoms with Crippen molar-refractivity contribution >= 4 is 10.9 Å². The molecule has 0 radical (unpaired) electrons. The van der Waals surface area contributed by atoms with Gasteiger partial charge in [0.15, 0.2) is 0 Å². The van der Waals surface area contributed by atoms with Gasteiger partial charge in [-0.05, 0) is 30.9 Å². The zero-order valence-electron chi connectivity index (χ0n) is 10.1. The van der Waals surface area contributed by atoms with Crippen LogP contribution in [0, 0.1) is 0 Å². The van der Waals surface area contributed by atoms with Gasteiger partial charge in [0.05, 0.1) is 0 Å². The molecule has 2 heteroatoms. The van der Waals surface area contributed by atoms with Crippen LogP contribution in [0.5, 0.6) is 0 Å². The van der Waals surface area contributed by atoms with Gasteiger partial charge in [-0.15, -0.1) is 0 Å². The third-order valence-corrected chi connectivity index (χ3v) is 4.35. The molecule has 4 rings (SSSR count). The summed E-state index contributed by atoms with van der Waals surface area (Å²) in [5, 5.41) is 5.20. The lowest BCUT2D eigenvalue weighted by Crippen LogP contribution is -2.33. The minimum absolute atomic E-state index is 0.605. The number of rotatable bonds is 0. The summed E-state index contributed by atoms with van der Waals surface area (Å²) in [6.45, 7) is 2.25. The Morgan fingerprint density at radius 1 is 1.18 bits per heavy atom. The standard InChI is InChI=1S/C15H18N2/c1-3-7-13-15-12(6-1)11-5-2-4-8-14(11)17(15)10-9-16-13/h2,4-5,8,13,16H,1,3,6-7,9-10H2. The molecule has 2 aromatic rings. The summed E-state index contributed by atoms with van der Waals surface area (Å²) < 4.78 is 2.57. The van der Waals surface area contributed by atoms with E-state index in [9.17, 15) is 0 Å². The zero-order valence-corrected chi connectivity index (χ0v) is 10.1. The topological polar surface area (TPSA) is 17.0 Å². The number of hydrogen-bond acceptors (Lipinski definition) is 1. The number of aromatic nitrogens is 1. The first-order valence-corrected chi connectivity index (χ1v) is 6.78. The Labute approximate surface area is 102 Å². The Morgan fingerprint density at radius 3 is 3.12 bits per heavy atom. The fourth-order valence-electron chi connectivity index (χ4n) is 3.63. The molecule has 0 fully saturated rings. The first-order chi connectivity index (χ1) is 8.45. The van der Waals surface area contributed by atoms with Crippen molar-refractivity contribution < 1.29 is 0 Å². The molecule has 1 aliphatic heterocycles. The number of hydrogen-bond donors (Lipinski definition) is 1. The average molecular weight is 226 g/mol. The largest absolute Gasteiger partial charge is 0.342 e. The van der Waals surface area contributed by atoms with Crippen LogP contribution in [-0.4, -0.2) is 11.1 Å². The predicted molar refractivity (Wildman–Crippen MR) is 70.2 cm³/mol. The molecule has 1 aromatic heterocycles. The van der Waals surface area contributed by atoms with E-state index in [-0.39, 0.29) is 0 Å². The summed E-state index contributed by atoms with van der Waals surface area (Å²) in [7, 11) is 0. The van der Waals surface area contributed by atoms with Crippen LogP contribution in [0.2, 0.25) is 0 Å². The van der Waals surface area contributed by atoms with Gasteiger partial charge in [-0.3, -0.25) is 0 Å². The van der Waals surface area contributed by atoms with Crippen LogP contribution in [0.25, 0.3) is 10.9 Å². The third-order valence-electron chi connectivity index (χ3n) is 4.35. The van der Waals surface area contributed by atoms with Crippen molar-refractivity contribution in [1.82, 2.24) is 9.88 Å². The molecule has 1 atom stereocenters. The smallest absolute Gasteiger partial charge is 0.0486 e. The molecular formula is C15H18N2. The molecule has 0 saturated carbocycles. The summed E-state index contributed by atoms with van der Waals surface area (Å²) in [5.74, 6) is 0. The molecule has 1 aromatic carbocycles. The Hall–Kier alpha value is -1.28. The third kappa shape index (κ3) is 1.31. The second-order valence-corrected chi connectivity index (χ2v) is 5.29. The van der Waals surface area contributed by atoms with Crippen molar-refractivity contribution in [3.8, 4) is 0 Å². The molecule has 17 heavy (non-hydrogen) atoms. The van der Waals surface area contributed by atoms with E-state index < -0.39 is 0 Å². The number of para-hydroxylation sites is 1. The lowest BCUT2D eigenvalue weighted by molar-refractivity contribution is 0.409. The van der Waals surface area contributed by atoms with Gasteiger partial charge in [-0.1, -0.05) is 24.6 Å². The molecule has 2 heterocycles. The summed E-state index contributed by atoms with van der Waals surface area (Å²) in [4.78, 5) is 0. The molecule has 0 spiro atoms. The number of nitrogens with one attached hydrogen (secondary N) is 1. The van der Waals surface area contributed by atoms with Gasteiger partial charge in [-0.2, -0.15) is 0 Å². The van der Waals surface area contributed by atoms with Crippen LogP contribution in [0.3, 0.4) is 0 Å². The van der Waals surface area contributed by atoms with Crippen molar-refractivity contribution in [1.29, 1.82) is 0 Å². The number of nitrogens with zero attached hydrogens (tertiary/aromatic N) is 1. The Bertz CT molecular complexity index is 568. The van der Waals surface area contributed by atoms with E-state index >= 15 is 0 Å². The highest BCUT2D eigenvalue weighted by Gasteiger charge is 2.27. The van der Waals surface area contributed by atoms with E-state index in [1.807, 2.05) is 0 Å². The highest BCUT2D eigenvalue weighted by Crippen LogP contribution is 2.37. The highest BCUT2D eigenvalue weighted by molar-refractivity contribution is 5.86. The molecule has 2 nitrogen and oxygen atoms in total. The van der Waals surface area contributed by atoms with E-state index in [1.165, 1.54) is 36.6 Å². The second-order valence-electron chi connectivity index (χ2n) is 5.29. The van der Waals surface area contributed by atoms with Crippen LogP contribution in [0.1, 0.15) is 36.6 Å². The van der Waals surface area contributed by atoms with Gasteiger partial charge in [0.1, 0.15) is 0 Å². The Morgan fingerprint density at radius 2 is 2.12 bits per heavy atom. The predicted octanol–water partition coefficient (Wildman–Crippen LogP) is 3.01. The van der Waals surface area contributed by atoms with Crippen LogP contribution < -0.4 is 5.32 Å². The minimum atomic E-state index is 0.605. The van der Waals surface area contributed by atoms with E-state index in [4.69, 9.17) is 0 Å². The lowest BCUT2D eigenvalue weighted by atomic mass is 10.0. The molecule has 1 N–H and O–H groups in total. The van der Waals surface area contributed by atoms with Crippen LogP contribution in [-0.2, 0) is 13.0 Å². The van der Waals surface area contributed by atoms with Crippen molar-refractivity contribution in [2.75, 3.05) is 6.54 Å². The van der Waals surface area contributed by atoms with Crippen molar-refractivity contribution in [2.45, 2.75) is 38.3 Å². The van der Waals surface area contributed by atoms with E-state index in [0.29, 0.717) is 6.04 Å². The van der Waals surface area contributed by atoms with Crippen LogP contribution in [0.15, 0.2) is 24.3 Å². The number of aryl methyl sites for hydroxylation is 1.